The van der Waals surface area contributed by atoms with E-state index in [0.717, 1.165) is 11.8 Å². The van der Waals surface area contributed by atoms with Gasteiger partial charge in [-0.25, -0.2) is 0 Å². The number of hydrogen-bond donors (Lipinski definition) is 0. The Morgan fingerprint density at radius 2 is 1.00 bits per heavy atom. The molecule has 168 valence electrons. The van der Waals surface area contributed by atoms with Crippen molar-refractivity contribution < 1.29 is 21.7 Å². The smallest absolute Gasteiger partial charge is 0.358 e. The summed E-state index contributed by atoms with van der Waals surface area (Å²) < 4.78 is 0. The molecule has 0 fully saturated rings. The number of benzene rings is 1. The SMILES string of the molecule is Cc1cc(C)cc([Si](CC(C)C)(CC(C)C)[c-]2c(C)c(C)c(C)c2C)c1.[CH3-].[CH3-].[CH3-].[Ti+4]. The zero-order valence-electron chi connectivity index (χ0n) is 22.3. The second-order valence-electron chi connectivity index (χ2n) is 9.53. The van der Waals surface area contributed by atoms with Gasteiger partial charge in [0, 0.05) is 0 Å². The van der Waals surface area contributed by atoms with E-state index in [2.05, 4.69) is 87.4 Å². The zero-order valence-corrected chi connectivity index (χ0v) is 24.9. The molecule has 0 aromatic heterocycles. The molecule has 0 aliphatic rings. The van der Waals surface area contributed by atoms with E-state index in [9.17, 15) is 0 Å². The molecule has 0 aliphatic carbocycles. The summed E-state index contributed by atoms with van der Waals surface area (Å²) in [6, 6.07) is 10.0. The van der Waals surface area contributed by atoms with Crippen molar-refractivity contribution >= 4 is 18.4 Å². The quantitative estimate of drug-likeness (QED) is 0.310. The van der Waals surface area contributed by atoms with Crippen LogP contribution in [0.15, 0.2) is 18.2 Å². The summed E-state index contributed by atoms with van der Waals surface area (Å²) in [6.07, 6.45) is 0. The molecule has 0 atom stereocenters. The van der Waals surface area contributed by atoms with Crippen molar-refractivity contribution in [3.05, 3.63) is 73.9 Å². The normalized spacial score (nSPS) is 10.8. The Hall–Kier alpha value is -0.499. The average molecular weight is 461 g/mol. The van der Waals surface area contributed by atoms with Crippen LogP contribution in [0.5, 0.6) is 0 Å². The van der Waals surface area contributed by atoms with Gasteiger partial charge in [-0.2, -0.15) is 22.3 Å². The zero-order chi connectivity index (χ0) is 19.8. The molecular formula is C28H48SiTi. The van der Waals surface area contributed by atoms with Crippen molar-refractivity contribution in [3.8, 4) is 0 Å². The molecule has 0 bridgehead atoms. The molecule has 0 saturated heterocycles. The van der Waals surface area contributed by atoms with Crippen molar-refractivity contribution in [1.82, 2.24) is 0 Å². The van der Waals surface area contributed by atoms with Gasteiger partial charge in [-0.15, -0.1) is 5.19 Å². The molecule has 0 radical (unpaired) electrons. The van der Waals surface area contributed by atoms with Crippen LogP contribution in [0.3, 0.4) is 0 Å². The third-order valence-electron chi connectivity index (χ3n) is 6.20. The minimum Gasteiger partial charge on any atom is -0.358 e. The summed E-state index contributed by atoms with van der Waals surface area (Å²) in [4.78, 5) is 0. The first kappa shape index (κ1) is 34.1. The Kier molecular flexibility index (Phi) is 14.9. The van der Waals surface area contributed by atoms with E-state index in [1.54, 1.807) is 21.5 Å². The molecule has 0 nitrogen and oxygen atoms in total. The Morgan fingerprint density at radius 1 is 0.667 bits per heavy atom. The van der Waals surface area contributed by atoms with E-state index in [-0.39, 0.29) is 44.0 Å². The van der Waals surface area contributed by atoms with Crippen LogP contribution in [0.1, 0.15) is 61.1 Å². The molecule has 0 N–H and O–H groups in total. The van der Waals surface area contributed by atoms with Crippen molar-refractivity contribution in [1.29, 1.82) is 0 Å². The Balaban J connectivity index is -0.00000182. The molecular weight excluding hydrogens is 412 g/mol. The average Bonchev–Trinajstić information content (AvgIpc) is 2.68. The van der Waals surface area contributed by atoms with E-state index in [4.69, 9.17) is 0 Å². The van der Waals surface area contributed by atoms with Gasteiger partial charge in [-0.1, -0.05) is 102 Å². The summed E-state index contributed by atoms with van der Waals surface area (Å²) >= 11 is 0. The molecule has 0 saturated carbocycles. The molecule has 0 amide bonds. The standard InChI is InChI=1S/C25H39Si.3CH3.Ti/c1-16(2)14-26(15-17(3)4,24-12-18(5)11-19(6)13-24)25-22(9)20(7)21(8)23(25)10;;;;/h11-13,16-17H,14-15H2,1-10H3;3*1H3;/q4*-1;+4. The van der Waals surface area contributed by atoms with Gasteiger partial charge >= 0.3 is 21.7 Å². The molecule has 0 unspecified atom stereocenters. The van der Waals surface area contributed by atoms with Gasteiger partial charge in [-0.05, 0) is 25.7 Å². The Bertz CT molecular complexity index is 725. The fourth-order valence-corrected chi connectivity index (χ4v) is 12.2. The van der Waals surface area contributed by atoms with Crippen molar-refractivity contribution in [2.45, 2.75) is 81.3 Å². The minimum atomic E-state index is -1.84. The summed E-state index contributed by atoms with van der Waals surface area (Å²) in [5.41, 5.74) is 9.02. The van der Waals surface area contributed by atoms with Crippen molar-refractivity contribution in [2.75, 3.05) is 0 Å². The van der Waals surface area contributed by atoms with Crippen LogP contribution in [0.4, 0.5) is 0 Å². The predicted octanol–water partition coefficient (Wildman–Crippen LogP) is 7.48. The maximum absolute atomic E-state index is 2.51. The molecule has 2 aromatic carbocycles. The maximum Gasteiger partial charge on any atom is 4.00 e. The van der Waals surface area contributed by atoms with Crippen LogP contribution in [-0.4, -0.2) is 8.07 Å². The first-order valence-corrected chi connectivity index (χ1v) is 12.7. The van der Waals surface area contributed by atoms with Crippen LogP contribution in [-0.2, 0) is 21.7 Å². The summed E-state index contributed by atoms with van der Waals surface area (Å²) in [5.74, 6) is 1.44. The molecule has 0 aliphatic heterocycles. The second-order valence-corrected chi connectivity index (χ2v) is 13.6. The molecule has 2 rings (SSSR count). The molecule has 0 spiro atoms. The van der Waals surface area contributed by atoms with Crippen LogP contribution >= 0.6 is 0 Å². The largest absolute Gasteiger partial charge is 4.00 e. The number of hydrogen-bond acceptors (Lipinski definition) is 0. The van der Waals surface area contributed by atoms with E-state index in [0.29, 0.717) is 0 Å². The fourth-order valence-electron chi connectivity index (χ4n) is 5.25. The van der Waals surface area contributed by atoms with Crippen molar-refractivity contribution in [2.24, 2.45) is 11.8 Å². The summed E-state index contributed by atoms with van der Waals surface area (Å²) in [5, 5.41) is 3.41. The second kappa shape index (κ2) is 13.1. The third kappa shape index (κ3) is 6.75. The molecule has 2 aromatic rings. The van der Waals surface area contributed by atoms with Gasteiger partial charge in [0.1, 0.15) is 0 Å². The van der Waals surface area contributed by atoms with E-state index >= 15 is 0 Å². The molecule has 2 heteroatoms. The van der Waals surface area contributed by atoms with Gasteiger partial charge in [0.15, 0.2) is 0 Å². The maximum atomic E-state index is 2.51. The van der Waals surface area contributed by atoms with Gasteiger partial charge in [0.25, 0.3) is 0 Å². The fraction of sp³-hybridized carbons (Fsp3) is 0.500. The summed E-state index contributed by atoms with van der Waals surface area (Å²) in [7, 11) is -1.84. The first-order chi connectivity index (χ1) is 12.0. The minimum absolute atomic E-state index is 0. The Morgan fingerprint density at radius 3 is 1.30 bits per heavy atom. The first-order valence-electron chi connectivity index (χ1n) is 10.3. The molecule has 30 heavy (non-hydrogen) atoms. The van der Waals surface area contributed by atoms with E-state index in [1.165, 1.54) is 34.3 Å². The van der Waals surface area contributed by atoms with Gasteiger partial charge in [0.05, 0.1) is 8.07 Å². The topological polar surface area (TPSA) is 0 Å². The van der Waals surface area contributed by atoms with Crippen LogP contribution in [0, 0.1) is 75.7 Å². The van der Waals surface area contributed by atoms with E-state index in [1.807, 2.05) is 0 Å². The predicted molar refractivity (Wildman–Crippen MR) is 140 cm³/mol. The Labute approximate surface area is 206 Å². The van der Waals surface area contributed by atoms with Gasteiger partial charge in [-0.3, -0.25) is 0 Å². The van der Waals surface area contributed by atoms with Gasteiger partial charge < -0.3 is 22.3 Å². The van der Waals surface area contributed by atoms with Gasteiger partial charge in [0.2, 0.25) is 0 Å². The third-order valence-corrected chi connectivity index (χ3v) is 12.3. The number of aryl methyl sites for hydroxylation is 2. The van der Waals surface area contributed by atoms with Crippen LogP contribution < -0.4 is 10.4 Å². The number of rotatable bonds is 6. The monoisotopic (exact) mass is 460 g/mol. The summed E-state index contributed by atoms with van der Waals surface area (Å²) in [6.45, 7) is 23.6. The van der Waals surface area contributed by atoms with Crippen LogP contribution in [0.2, 0.25) is 12.1 Å². The van der Waals surface area contributed by atoms with Crippen LogP contribution in [0.25, 0.3) is 0 Å². The van der Waals surface area contributed by atoms with E-state index < -0.39 is 8.07 Å². The van der Waals surface area contributed by atoms with Crippen molar-refractivity contribution in [3.63, 3.8) is 0 Å². The molecule has 0 heterocycles.